The maximum atomic E-state index is 12.9. The molecule has 0 aliphatic carbocycles. The Labute approximate surface area is 176 Å². The summed E-state index contributed by atoms with van der Waals surface area (Å²) in [4.78, 5) is 17.0. The second-order valence-corrected chi connectivity index (χ2v) is 9.20. The summed E-state index contributed by atoms with van der Waals surface area (Å²) in [7, 11) is -0.0974. The smallest absolute Gasteiger partial charge is 0.254 e. The van der Waals surface area contributed by atoms with Crippen LogP contribution in [0.4, 0.5) is 11.4 Å². The predicted octanol–water partition coefficient (Wildman–Crippen LogP) is 1.96. The lowest BCUT2D eigenvalue weighted by Crippen LogP contribution is -2.48. The molecule has 9 heteroatoms. The van der Waals surface area contributed by atoms with E-state index in [-0.39, 0.29) is 11.7 Å². The minimum absolute atomic E-state index is 0.0320. The van der Waals surface area contributed by atoms with Crippen molar-refractivity contribution < 1.29 is 22.7 Å². The SMILES string of the molecule is COc1ccc(C(=O)N2CCN(c3ccc4c(c3)CCS(=O)(=O)N4)CC2)cc1OC. The van der Waals surface area contributed by atoms with Crippen LogP contribution in [0.2, 0.25) is 0 Å². The van der Waals surface area contributed by atoms with E-state index in [1.54, 1.807) is 32.4 Å². The van der Waals surface area contributed by atoms with Crippen LogP contribution >= 0.6 is 0 Å². The maximum absolute atomic E-state index is 12.9. The molecule has 2 aliphatic heterocycles. The molecular formula is C21H25N3O5S. The Morgan fingerprint density at radius 2 is 1.70 bits per heavy atom. The van der Waals surface area contributed by atoms with E-state index in [9.17, 15) is 13.2 Å². The second kappa shape index (κ2) is 8.06. The number of carbonyl (C=O) groups is 1. The number of anilines is 2. The van der Waals surface area contributed by atoms with Gasteiger partial charge in [0.1, 0.15) is 0 Å². The van der Waals surface area contributed by atoms with E-state index in [1.807, 2.05) is 23.1 Å². The van der Waals surface area contributed by atoms with Gasteiger partial charge in [0, 0.05) is 37.4 Å². The number of hydrogen-bond acceptors (Lipinski definition) is 6. The van der Waals surface area contributed by atoms with Gasteiger partial charge in [-0.15, -0.1) is 0 Å². The second-order valence-electron chi connectivity index (χ2n) is 7.36. The highest BCUT2D eigenvalue weighted by Gasteiger charge is 2.25. The van der Waals surface area contributed by atoms with Crippen molar-refractivity contribution in [2.45, 2.75) is 6.42 Å². The van der Waals surface area contributed by atoms with Crippen molar-refractivity contribution in [3.63, 3.8) is 0 Å². The van der Waals surface area contributed by atoms with E-state index in [0.29, 0.717) is 55.3 Å². The molecule has 1 saturated heterocycles. The molecule has 2 aliphatic rings. The summed E-state index contributed by atoms with van der Waals surface area (Å²) in [5.41, 5.74) is 3.29. The zero-order valence-electron chi connectivity index (χ0n) is 17.1. The lowest BCUT2D eigenvalue weighted by atomic mass is 10.1. The van der Waals surface area contributed by atoms with Crippen LogP contribution in [-0.4, -0.2) is 65.4 Å². The molecule has 2 heterocycles. The number of rotatable bonds is 4. The molecule has 1 fully saturated rings. The van der Waals surface area contributed by atoms with E-state index in [1.165, 1.54) is 0 Å². The van der Waals surface area contributed by atoms with Gasteiger partial charge in [-0.05, 0) is 48.4 Å². The van der Waals surface area contributed by atoms with Crippen LogP contribution < -0.4 is 19.1 Å². The fourth-order valence-corrected chi connectivity index (χ4v) is 4.99. The van der Waals surface area contributed by atoms with Gasteiger partial charge in [0.15, 0.2) is 11.5 Å². The van der Waals surface area contributed by atoms with Gasteiger partial charge in [0.25, 0.3) is 5.91 Å². The Morgan fingerprint density at radius 3 is 2.40 bits per heavy atom. The average molecular weight is 432 g/mol. The lowest BCUT2D eigenvalue weighted by Gasteiger charge is -2.36. The summed E-state index contributed by atoms with van der Waals surface area (Å²) < 4.78 is 36.6. The van der Waals surface area contributed by atoms with Gasteiger partial charge in [-0.2, -0.15) is 0 Å². The van der Waals surface area contributed by atoms with Crippen LogP contribution in [0.15, 0.2) is 36.4 Å². The Kier molecular flexibility index (Phi) is 5.46. The van der Waals surface area contributed by atoms with Crippen molar-refractivity contribution >= 4 is 27.3 Å². The van der Waals surface area contributed by atoms with Crippen molar-refractivity contribution in [1.82, 2.24) is 4.90 Å². The third kappa shape index (κ3) is 4.02. The standard InChI is InChI=1S/C21H25N3O5S/c1-28-19-6-3-16(14-20(19)29-2)21(25)24-10-8-23(9-11-24)17-4-5-18-15(13-17)7-12-30(26,27)22-18/h3-6,13-14,22H,7-12H2,1-2H3. The van der Waals surface area contributed by atoms with E-state index in [2.05, 4.69) is 9.62 Å². The minimum atomic E-state index is -3.21. The zero-order valence-corrected chi connectivity index (χ0v) is 17.9. The van der Waals surface area contributed by atoms with Gasteiger partial charge in [-0.25, -0.2) is 8.42 Å². The first-order chi connectivity index (χ1) is 14.4. The topological polar surface area (TPSA) is 88.2 Å². The van der Waals surface area contributed by atoms with Crippen LogP contribution in [0.1, 0.15) is 15.9 Å². The monoisotopic (exact) mass is 431 g/mol. The van der Waals surface area contributed by atoms with Gasteiger partial charge in [0.2, 0.25) is 10.0 Å². The summed E-state index contributed by atoms with van der Waals surface area (Å²) >= 11 is 0. The number of nitrogens with one attached hydrogen (secondary N) is 1. The van der Waals surface area contributed by atoms with Gasteiger partial charge < -0.3 is 19.3 Å². The van der Waals surface area contributed by atoms with E-state index >= 15 is 0 Å². The minimum Gasteiger partial charge on any atom is -0.493 e. The summed E-state index contributed by atoms with van der Waals surface area (Å²) in [5, 5.41) is 0. The molecule has 0 atom stereocenters. The van der Waals surface area contributed by atoms with Crippen LogP contribution in [-0.2, 0) is 16.4 Å². The Hall–Kier alpha value is -2.94. The van der Waals surface area contributed by atoms with Crippen LogP contribution in [0.3, 0.4) is 0 Å². The number of sulfonamides is 1. The molecule has 8 nitrogen and oxygen atoms in total. The normalized spacial score (nSPS) is 17.7. The largest absolute Gasteiger partial charge is 0.493 e. The summed E-state index contributed by atoms with van der Waals surface area (Å²) in [6, 6.07) is 11.0. The van der Waals surface area contributed by atoms with Crippen molar-refractivity contribution in [3.8, 4) is 11.5 Å². The Bertz CT molecular complexity index is 1060. The van der Waals surface area contributed by atoms with Gasteiger partial charge in [0.05, 0.1) is 25.7 Å². The number of fused-ring (bicyclic) bond motifs is 1. The van der Waals surface area contributed by atoms with Gasteiger partial charge in [-0.1, -0.05) is 0 Å². The quantitative estimate of drug-likeness (QED) is 0.796. The number of nitrogens with zero attached hydrogens (tertiary/aromatic N) is 2. The zero-order chi connectivity index (χ0) is 21.3. The summed E-state index contributed by atoms with van der Waals surface area (Å²) in [6.45, 7) is 2.64. The Balaban J connectivity index is 1.42. The molecule has 0 saturated carbocycles. The first kappa shape index (κ1) is 20.3. The fourth-order valence-electron chi connectivity index (χ4n) is 3.87. The molecule has 1 N–H and O–H groups in total. The van der Waals surface area contributed by atoms with Crippen molar-refractivity contribution in [2.75, 3.05) is 55.8 Å². The van der Waals surface area contributed by atoms with E-state index in [0.717, 1.165) is 11.3 Å². The highest BCUT2D eigenvalue weighted by atomic mass is 32.2. The number of methoxy groups -OCH3 is 2. The predicted molar refractivity (Wildman–Crippen MR) is 115 cm³/mol. The van der Waals surface area contributed by atoms with E-state index in [4.69, 9.17) is 9.47 Å². The molecule has 2 aromatic rings. The molecule has 0 aromatic heterocycles. The van der Waals surface area contributed by atoms with Crippen LogP contribution in [0, 0.1) is 0 Å². The number of aryl methyl sites for hydroxylation is 1. The number of benzene rings is 2. The van der Waals surface area contributed by atoms with Crippen molar-refractivity contribution in [1.29, 1.82) is 0 Å². The highest BCUT2D eigenvalue weighted by molar-refractivity contribution is 7.92. The van der Waals surface area contributed by atoms with Crippen LogP contribution in [0.5, 0.6) is 11.5 Å². The molecule has 160 valence electrons. The van der Waals surface area contributed by atoms with Crippen LogP contribution in [0.25, 0.3) is 0 Å². The number of carbonyl (C=O) groups excluding carboxylic acids is 1. The van der Waals surface area contributed by atoms with Crippen molar-refractivity contribution in [3.05, 3.63) is 47.5 Å². The molecule has 1 amide bonds. The van der Waals surface area contributed by atoms with Gasteiger partial charge in [-0.3, -0.25) is 9.52 Å². The lowest BCUT2D eigenvalue weighted by molar-refractivity contribution is 0.0746. The molecule has 0 unspecified atom stereocenters. The first-order valence-corrected chi connectivity index (χ1v) is 11.4. The highest BCUT2D eigenvalue weighted by Crippen LogP contribution is 2.30. The van der Waals surface area contributed by atoms with Gasteiger partial charge >= 0.3 is 0 Å². The summed E-state index contributed by atoms with van der Waals surface area (Å²) in [6.07, 6.45) is 0.510. The molecule has 4 rings (SSSR count). The third-order valence-electron chi connectivity index (χ3n) is 5.56. The number of piperazine rings is 1. The molecule has 0 spiro atoms. The number of ether oxygens (including phenoxy) is 2. The average Bonchev–Trinajstić information content (AvgIpc) is 2.77. The number of amides is 1. The molecule has 2 aromatic carbocycles. The third-order valence-corrected chi connectivity index (χ3v) is 6.83. The Morgan fingerprint density at radius 1 is 0.967 bits per heavy atom. The maximum Gasteiger partial charge on any atom is 0.254 e. The fraction of sp³-hybridized carbons (Fsp3) is 0.381. The van der Waals surface area contributed by atoms with Crippen molar-refractivity contribution in [2.24, 2.45) is 0 Å². The molecular weight excluding hydrogens is 406 g/mol. The molecule has 0 bridgehead atoms. The molecule has 0 radical (unpaired) electrons. The first-order valence-electron chi connectivity index (χ1n) is 9.80. The molecule has 30 heavy (non-hydrogen) atoms. The summed E-state index contributed by atoms with van der Waals surface area (Å²) in [5.74, 6) is 1.20. The number of hydrogen-bond donors (Lipinski definition) is 1. The van der Waals surface area contributed by atoms with E-state index < -0.39 is 10.0 Å².